The van der Waals surface area contributed by atoms with Crippen molar-refractivity contribution in [3.8, 4) is 0 Å². The van der Waals surface area contributed by atoms with E-state index >= 15 is 0 Å². The van der Waals surface area contributed by atoms with Crippen molar-refractivity contribution in [3.63, 3.8) is 0 Å². The lowest BCUT2D eigenvalue weighted by Gasteiger charge is -2.15. The molecule has 1 fully saturated rings. The van der Waals surface area contributed by atoms with Crippen molar-refractivity contribution in [2.75, 3.05) is 0 Å². The highest BCUT2D eigenvalue weighted by atomic mass is 16.6. The van der Waals surface area contributed by atoms with Gasteiger partial charge < -0.3 is 14.2 Å². The van der Waals surface area contributed by atoms with Gasteiger partial charge in [-0.3, -0.25) is 0 Å². The van der Waals surface area contributed by atoms with Crippen LogP contribution in [0.1, 0.15) is 40.0 Å². The third-order valence-corrected chi connectivity index (χ3v) is 2.68. The molecule has 0 aromatic rings. The molecule has 1 aliphatic rings. The Morgan fingerprint density at radius 1 is 0.667 bits per heavy atom. The summed E-state index contributed by atoms with van der Waals surface area (Å²) in [4.78, 5) is 35.1. The minimum Gasteiger partial charge on any atom is -0.448 e. The molecule has 0 aromatic heterocycles. The Bertz CT molecular complexity index is 285. The lowest BCUT2D eigenvalue weighted by molar-refractivity contribution is -0.171. The van der Waals surface area contributed by atoms with Gasteiger partial charge in [0.2, 0.25) is 0 Å². The minimum atomic E-state index is -0.977. The second-order valence-electron chi connectivity index (χ2n) is 4.00. The van der Waals surface area contributed by atoms with Gasteiger partial charge in [0.15, 0.2) is 18.3 Å². The molecule has 0 radical (unpaired) electrons. The third-order valence-electron chi connectivity index (χ3n) is 2.68. The van der Waals surface area contributed by atoms with Gasteiger partial charge in [-0.25, -0.2) is 14.4 Å². The highest BCUT2D eigenvalue weighted by molar-refractivity contribution is 5.87. The van der Waals surface area contributed by atoms with Crippen LogP contribution in [0.5, 0.6) is 0 Å². The van der Waals surface area contributed by atoms with Gasteiger partial charge in [-0.05, 0) is 19.3 Å². The van der Waals surface area contributed by atoms with E-state index in [9.17, 15) is 14.4 Å². The first-order valence-electron chi connectivity index (χ1n) is 6.14. The van der Waals surface area contributed by atoms with Gasteiger partial charge in [0.1, 0.15) is 0 Å². The molecular formula is C12H18O6. The molecule has 3 atom stereocenters. The Kier molecular flexibility index (Phi) is 5.12. The van der Waals surface area contributed by atoms with Crippen molar-refractivity contribution in [1.29, 1.82) is 0 Å². The second kappa shape index (κ2) is 6.37. The van der Waals surface area contributed by atoms with Crippen molar-refractivity contribution in [2.45, 2.75) is 58.3 Å². The summed E-state index contributed by atoms with van der Waals surface area (Å²) in [7, 11) is 0. The summed E-state index contributed by atoms with van der Waals surface area (Å²) < 4.78 is 15.0. The molecule has 1 aliphatic heterocycles. The van der Waals surface area contributed by atoms with E-state index in [0.29, 0.717) is 19.3 Å². The zero-order chi connectivity index (χ0) is 13.7. The maximum absolute atomic E-state index is 11.7. The molecule has 1 heterocycles. The fourth-order valence-corrected chi connectivity index (χ4v) is 1.54. The van der Waals surface area contributed by atoms with Crippen LogP contribution in [0, 0.1) is 0 Å². The molecule has 0 aromatic carbocycles. The number of hydrogen-bond donors (Lipinski definition) is 0. The van der Waals surface area contributed by atoms with Crippen LogP contribution in [0.25, 0.3) is 0 Å². The van der Waals surface area contributed by atoms with Gasteiger partial charge in [-0.2, -0.15) is 0 Å². The first-order valence-corrected chi connectivity index (χ1v) is 6.14. The highest BCUT2D eigenvalue weighted by Gasteiger charge is 2.36. The number of carbonyl (C=O) groups is 3. The summed E-state index contributed by atoms with van der Waals surface area (Å²) in [5.74, 6) is -2.11. The second-order valence-corrected chi connectivity index (χ2v) is 4.00. The standard InChI is InChI=1S/C12H18O6/c1-4-7-10(13)17-9(6-3)12(15)18-8(5-2)11(14)16-7/h7-9H,4-6H2,1-3H3. The summed E-state index contributed by atoms with van der Waals surface area (Å²) in [6.45, 7) is 5.09. The van der Waals surface area contributed by atoms with Crippen LogP contribution < -0.4 is 0 Å². The maximum Gasteiger partial charge on any atom is 0.348 e. The van der Waals surface area contributed by atoms with Crippen LogP contribution in [0.15, 0.2) is 0 Å². The average molecular weight is 258 g/mol. The molecule has 1 rings (SSSR count). The van der Waals surface area contributed by atoms with E-state index < -0.39 is 36.2 Å². The summed E-state index contributed by atoms with van der Waals surface area (Å²) in [6, 6.07) is 0. The smallest absolute Gasteiger partial charge is 0.348 e. The van der Waals surface area contributed by atoms with Gasteiger partial charge in [-0.1, -0.05) is 20.8 Å². The summed E-state index contributed by atoms with van der Waals surface area (Å²) in [6.07, 6.45) is -2.04. The SMILES string of the molecule is CCC1OC(=O)C(CC)OC(=O)C(CC)OC1=O. The van der Waals surface area contributed by atoms with Crippen LogP contribution in [-0.4, -0.2) is 36.2 Å². The number of rotatable bonds is 3. The quantitative estimate of drug-likeness (QED) is 0.554. The van der Waals surface area contributed by atoms with Crippen LogP contribution >= 0.6 is 0 Å². The summed E-state index contributed by atoms with van der Waals surface area (Å²) in [5.41, 5.74) is 0. The summed E-state index contributed by atoms with van der Waals surface area (Å²) in [5, 5.41) is 0. The molecule has 0 N–H and O–H groups in total. The topological polar surface area (TPSA) is 78.9 Å². The molecule has 0 spiro atoms. The molecule has 0 amide bonds. The fourth-order valence-electron chi connectivity index (χ4n) is 1.54. The van der Waals surface area contributed by atoms with Crippen molar-refractivity contribution in [2.24, 2.45) is 0 Å². The van der Waals surface area contributed by atoms with Crippen molar-refractivity contribution in [1.82, 2.24) is 0 Å². The zero-order valence-corrected chi connectivity index (χ0v) is 10.8. The molecule has 102 valence electrons. The average Bonchev–Trinajstić information content (AvgIpc) is 2.41. The lowest BCUT2D eigenvalue weighted by Crippen LogP contribution is -2.32. The number of ether oxygens (including phenoxy) is 3. The largest absolute Gasteiger partial charge is 0.448 e. The molecule has 6 nitrogen and oxygen atoms in total. The zero-order valence-electron chi connectivity index (χ0n) is 10.8. The van der Waals surface area contributed by atoms with Crippen LogP contribution in [0.2, 0.25) is 0 Å². The van der Waals surface area contributed by atoms with Crippen LogP contribution in [-0.2, 0) is 28.6 Å². The number of hydrogen-bond acceptors (Lipinski definition) is 6. The van der Waals surface area contributed by atoms with E-state index in [1.165, 1.54) is 0 Å². The van der Waals surface area contributed by atoms with Crippen molar-refractivity contribution >= 4 is 17.9 Å². The molecule has 18 heavy (non-hydrogen) atoms. The Morgan fingerprint density at radius 2 is 0.889 bits per heavy atom. The number of esters is 3. The van der Waals surface area contributed by atoms with Gasteiger partial charge >= 0.3 is 17.9 Å². The fraction of sp³-hybridized carbons (Fsp3) is 0.750. The monoisotopic (exact) mass is 258 g/mol. The van der Waals surface area contributed by atoms with Crippen molar-refractivity contribution < 1.29 is 28.6 Å². The van der Waals surface area contributed by atoms with E-state index in [2.05, 4.69) is 0 Å². The van der Waals surface area contributed by atoms with E-state index in [1.54, 1.807) is 20.8 Å². The van der Waals surface area contributed by atoms with E-state index in [-0.39, 0.29) is 0 Å². The van der Waals surface area contributed by atoms with Gasteiger partial charge in [-0.15, -0.1) is 0 Å². The lowest BCUT2D eigenvalue weighted by atomic mass is 10.2. The molecule has 0 bridgehead atoms. The highest BCUT2D eigenvalue weighted by Crippen LogP contribution is 2.15. The molecule has 1 saturated heterocycles. The molecular weight excluding hydrogens is 240 g/mol. The maximum atomic E-state index is 11.7. The Morgan fingerprint density at radius 3 is 1.06 bits per heavy atom. The third kappa shape index (κ3) is 3.21. The predicted molar refractivity (Wildman–Crippen MR) is 60.5 cm³/mol. The predicted octanol–water partition coefficient (Wildman–Crippen LogP) is 0.965. The normalized spacial score (nSPS) is 29.5. The molecule has 3 unspecified atom stereocenters. The molecule has 0 saturated carbocycles. The minimum absolute atomic E-state index is 0.297. The Hall–Kier alpha value is -1.59. The van der Waals surface area contributed by atoms with E-state index in [4.69, 9.17) is 14.2 Å². The van der Waals surface area contributed by atoms with E-state index in [0.717, 1.165) is 0 Å². The van der Waals surface area contributed by atoms with Gasteiger partial charge in [0.25, 0.3) is 0 Å². The summed E-state index contributed by atoms with van der Waals surface area (Å²) >= 11 is 0. The van der Waals surface area contributed by atoms with Gasteiger partial charge in [0.05, 0.1) is 0 Å². The van der Waals surface area contributed by atoms with Gasteiger partial charge in [0, 0.05) is 0 Å². The first-order chi connectivity index (χ1) is 8.53. The Labute approximate surface area is 106 Å². The number of cyclic esters (lactones) is 3. The molecule has 0 aliphatic carbocycles. The Balaban J connectivity index is 2.96. The first kappa shape index (κ1) is 14.5. The van der Waals surface area contributed by atoms with E-state index in [1.807, 2.05) is 0 Å². The van der Waals surface area contributed by atoms with Crippen molar-refractivity contribution in [3.05, 3.63) is 0 Å². The van der Waals surface area contributed by atoms with Crippen LogP contribution in [0.4, 0.5) is 0 Å². The van der Waals surface area contributed by atoms with Crippen LogP contribution in [0.3, 0.4) is 0 Å². The number of carbonyl (C=O) groups excluding carboxylic acids is 3. The molecule has 6 heteroatoms.